The SMILES string of the molecule is CCCCCCCCCCCCCCCCCCCCCCCCCCCCCCCCCCCCCCC(=O)NC(COC1OC(CO)C(OC2OC(CO)C(OC3OC(CO)C(O)C(O)C3O)C(O)C2O)C(O)C1O)C(O)CCCCCCCCCCCCCCCC. The van der Waals surface area contributed by atoms with Crippen LogP contribution in [0.2, 0.25) is 0 Å². The van der Waals surface area contributed by atoms with Crippen molar-refractivity contribution in [2.75, 3.05) is 26.4 Å². The maximum absolute atomic E-state index is 13.5. The normalized spacial score (nSPS) is 27.1. The summed E-state index contributed by atoms with van der Waals surface area (Å²) in [6.45, 7) is 1.85. The van der Waals surface area contributed by atoms with Crippen LogP contribution >= 0.6 is 0 Å². The van der Waals surface area contributed by atoms with Crippen LogP contribution in [0.1, 0.15) is 348 Å². The van der Waals surface area contributed by atoms with Crippen LogP contribution in [0.4, 0.5) is 0 Å². The number of ether oxygens (including phenoxy) is 6. The van der Waals surface area contributed by atoms with Gasteiger partial charge in [-0.2, -0.15) is 0 Å². The molecule has 0 bridgehead atoms. The molecule has 17 unspecified atom stereocenters. The van der Waals surface area contributed by atoms with E-state index in [2.05, 4.69) is 19.2 Å². The molecule has 0 spiro atoms. The molecule has 1 amide bonds. The van der Waals surface area contributed by atoms with Crippen molar-refractivity contribution in [1.82, 2.24) is 5.32 Å². The summed E-state index contributed by atoms with van der Waals surface area (Å²) in [5.41, 5.74) is 0. The maximum Gasteiger partial charge on any atom is 0.220 e. The van der Waals surface area contributed by atoms with E-state index in [1.165, 1.54) is 270 Å². The topological polar surface area (TPSA) is 307 Å². The Hall–Kier alpha value is -1.21. The first-order valence-corrected chi connectivity index (χ1v) is 39.8. The molecule has 3 fully saturated rings. The first-order chi connectivity index (χ1) is 46.3. The van der Waals surface area contributed by atoms with Gasteiger partial charge in [0.2, 0.25) is 5.91 Å². The minimum atomic E-state index is -1.97. The van der Waals surface area contributed by atoms with E-state index in [-0.39, 0.29) is 18.9 Å². The molecule has 0 aromatic heterocycles. The van der Waals surface area contributed by atoms with Crippen LogP contribution < -0.4 is 5.32 Å². The van der Waals surface area contributed by atoms with Crippen LogP contribution in [0.15, 0.2) is 0 Å². The van der Waals surface area contributed by atoms with Crippen molar-refractivity contribution in [3.8, 4) is 0 Å². The Morgan fingerprint density at radius 1 is 0.337 bits per heavy atom. The lowest BCUT2D eigenvalue weighted by atomic mass is 9.96. The van der Waals surface area contributed by atoms with Gasteiger partial charge in [-0.05, 0) is 12.8 Å². The standard InChI is InChI=1S/C76H147NO18/c1-3-5-7-9-11-13-15-17-19-20-21-22-23-24-25-26-27-28-29-30-31-32-33-34-35-36-37-38-39-40-42-44-46-48-50-52-54-64(82)77-59(60(81)53-51-49-47-45-43-41-18-16-14-12-10-8-6-4-2)58-90-74-70(88)67(85)72(62(56-79)92-74)95-76-71(89)68(86)73(63(57-80)93-76)94-75-69(87)66(84)65(83)61(55-78)91-75/h59-63,65-76,78-81,83-89H,3-58H2,1-2H3,(H,77,82). The number of carbonyl (C=O) groups excluding carboxylic acids is 1. The maximum atomic E-state index is 13.5. The Labute approximate surface area is 576 Å². The van der Waals surface area contributed by atoms with Crippen LogP contribution in [-0.2, 0) is 33.2 Å². The van der Waals surface area contributed by atoms with Crippen LogP contribution in [0.5, 0.6) is 0 Å². The number of aliphatic hydroxyl groups is 11. The van der Waals surface area contributed by atoms with Crippen molar-refractivity contribution < 1.29 is 89.4 Å². The molecule has 0 saturated carbocycles. The number of unbranched alkanes of at least 4 members (excludes halogenated alkanes) is 48. The van der Waals surface area contributed by atoms with Gasteiger partial charge in [0.15, 0.2) is 18.9 Å². The van der Waals surface area contributed by atoms with E-state index >= 15 is 0 Å². The molecule has 3 saturated heterocycles. The highest BCUT2D eigenvalue weighted by Crippen LogP contribution is 2.33. The van der Waals surface area contributed by atoms with E-state index in [9.17, 15) is 61.0 Å². The first-order valence-electron chi connectivity index (χ1n) is 39.8. The monoisotopic (exact) mass is 1360 g/mol. The Balaban J connectivity index is 1.29. The molecule has 19 nitrogen and oxygen atoms in total. The lowest BCUT2D eigenvalue weighted by molar-refractivity contribution is -0.379. The minimum Gasteiger partial charge on any atom is -0.394 e. The zero-order valence-electron chi connectivity index (χ0n) is 60.2. The van der Waals surface area contributed by atoms with Crippen LogP contribution in [0.25, 0.3) is 0 Å². The molecule has 3 rings (SSSR count). The van der Waals surface area contributed by atoms with Crippen molar-refractivity contribution in [1.29, 1.82) is 0 Å². The highest BCUT2D eigenvalue weighted by molar-refractivity contribution is 5.76. The Bertz CT molecular complexity index is 1720. The Kier molecular flexibility index (Phi) is 54.0. The van der Waals surface area contributed by atoms with Gasteiger partial charge < -0.3 is 89.9 Å². The molecule has 3 heterocycles. The molecule has 0 aromatic carbocycles. The first kappa shape index (κ1) is 88.0. The summed E-state index contributed by atoms with van der Waals surface area (Å²) in [7, 11) is 0. The van der Waals surface area contributed by atoms with Crippen LogP contribution in [-0.4, -0.2) is 193 Å². The molecule has 0 radical (unpaired) electrons. The van der Waals surface area contributed by atoms with Gasteiger partial charge in [0.05, 0.1) is 38.6 Å². The second-order valence-corrected chi connectivity index (χ2v) is 28.9. The highest BCUT2D eigenvalue weighted by Gasteiger charge is 2.54. The zero-order chi connectivity index (χ0) is 68.9. The van der Waals surface area contributed by atoms with E-state index in [0.29, 0.717) is 12.8 Å². The third-order valence-electron chi connectivity index (χ3n) is 20.4. The molecular formula is C76H147NO18. The molecule has 0 aliphatic carbocycles. The Morgan fingerprint density at radius 3 is 0.916 bits per heavy atom. The summed E-state index contributed by atoms with van der Waals surface area (Å²) in [5.74, 6) is -0.234. The Morgan fingerprint density at radius 2 is 0.600 bits per heavy atom. The second kappa shape index (κ2) is 58.3. The van der Waals surface area contributed by atoms with Gasteiger partial charge in [-0.25, -0.2) is 0 Å². The molecule has 12 N–H and O–H groups in total. The number of hydrogen-bond acceptors (Lipinski definition) is 18. The predicted molar refractivity (Wildman–Crippen MR) is 374 cm³/mol. The predicted octanol–water partition coefficient (Wildman–Crippen LogP) is 12.6. The van der Waals surface area contributed by atoms with Gasteiger partial charge in [-0.15, -0.1) is 0 Å². The van der Waals surface area contributed by atoms with Gasteiger partial charge in [-0.1, -0.05) is 328 Å². The number of hydrogen-bond donors (Lipinski definition) is 12. The molecule has 3 aliphatic rings. The average Bonchev–Trinajstić information content (AvgIpc) is 0.787. The minimum absolute atomic E-state index is 0.234. The van der Waals surface area contributed by atoms with Crippen molar-refractivity contribution in [3.05, 3.63) is 0 Å². The van der Waals surface area contributed by atoms with Crippen molar-refractivity contribution >= 4 is 5.91 Å². The third kappa shape index (κ3) is 39.1. The van der Waals surface area contributed by atoms with Gasteiger partial charge in [0, 0.05) is 6.42 Å². The van der Waals surface area contributed by atoms with E-state index in [1.54, 1.807) is 0 Å². The molecule has 3 aliphatic heterocycles. The van der Waals surface area contributed by atoms with E-state index in [4.69, 9.17) is 28.4 Å². The number of rotatable bonds is 64. The largest absolute Gasteiger partial charge is 0.394 e. The van der Waals surface area contributed by atoms with Crippen molar-refractivity contribution in [3.63, 3.8) is 0 Å². The molecule has 0 aromatic rings. The summed E-state index contributed by atoms with van der Waals surface area (Å²) < 4.78 is 34.5. The van der Waals surface area contributed by atoms with Gasteiger partial charge in [0.25, 0.3) is 0 Å². The lowest BCUT2D eigenvalue weighted by Crippen LogP contribution is -2.66. The van der Waals surface area contributed by atoms with Crippen molar-refractivity contribution in [2.24, 2.45) is 0 Å². The number of carbonyl (C=O) groups is 1. The quantitative estimate of drug-likeness (QED) is 0.0252. The molecule has 19 heteroatoms. The summed E-state index contributed by atoms with van der Waals surface area (Å²) in [4.78, 5) is 13.5. The average molecular weight is 1360 g/mol. The van der Waals surface area contributed by atoms with Crippen LogP contribution in [0, 0.1) is 0 Å². The second-order valence-electron chi connectivity index (χ2n) is 28.9. The number of amides is 1. The summed E-state index contributed by atoms with van der Waals surface area (Å²) in [6, 6.07) is -0.882. The van der Waals surface area contributed by atoms with Gasteiger partial charge in [-0.3, -0.25) is 4.79 Å². The molecule has 95 heavy (non-hydrogen) atoms. The van der Waals surface area contributed by atoms with E-state index in [0.717, 1.165) is 44.9 Å². The highest BCUT2D eigenvalue weighted by atomic mass is 16.8. The molecular weight excluding hydrogens is 1210 g/mol. The number of aliphatic hydroxyl groups excluding tert-OH is 11. The smallest absolute Gasteiger partial charge is 0.220 e. The fourth-order valence-electron chi connectivity index (χ4n) is 14.0. The fraction of sp³-hybridized carbons (Fsp3) is 0.987. The summed E-state index contributed by atoms with van der Waals surface area (Å²) >= 11 is 0. The third-order valence-corrected chi connectivity index (χ3v) is 20.4. The van der Waals surface area contributed by atoms with Crippen LogP contribution in [0.3, 0.4) is 0 Å². The summed E-state index contributed by atoms with van der Waals surface area (Å²) in [5, 5.41) is 121. The molecule has 17 atom stereocenters. The zero-order valence-corrected chi connectivity index (χ0v) is 60.2. The van der Waals surface area contributed by atoms with E-state index < -0.39 is 124 Å². The van der Waals surface area contributed by atoms with Crippen molar-refractivity contribution in [2.45, 2.75) is 452 Å². The number of nitrogens with one attached hydrogen (secondary N) is 1. The van der Waals surface area contributed by atoms with E-state index in [1.807, 2.05) is 0 Å². The summed E-state index contributed by atoms with van der Waals surface area (Å²) in [6.07, 6.45) is 39.4. The lowest BCUT2D eigenvalue weighted by Gasteiger charge is -2.48. The van der Waals surface area contributed by atoms with Gasteiger partial charge >= 0.3 is 0 Å². The van der Waals surface area contributed by atoms with Gasteiger partial charge in [0.1, 0.15) is 73.2 Å². The molecule has 564 valence electrons. The fourth-order valence-corrected chi connectivity index (χ4v) is 14.0.